The maximum absolute atomic E-state index is 12.1. The van der Waals surface area contributed by atoms with Crippen molar-refractivity contribution in [2.45, 2.75) is 25.5 Å². The van der Waals surface area contributed by atoms with Gasteiger partial charge >= 0.3 is 0 Å². The summed E-state index contributed by atoms with van der Waals surface area (Å²) in [5.41, 5.74) is 1.59. The Morgan fingerprint density at radius 2 is 2.16 bits per heavy atom. The number of nitrogens with one attached hydrogen (secondary N) is 2. The van der Waals surface area contributed by atoms with Crippen LogP contribution in [0.1, 0.15) is 34.9 Å². The molecule has 0 bridgehead atoms. The molecule has 0 radical (unpaired) electrons. The van der Waals surface area contributed by atoms with Crippen LogP contribution in [0.15, 0.2) is 42.6 Å². The molecule has 0 spiro atoms. The first kappa shape index (κ1) is 19.4. The molecule has 1 saturated heterocycles. The van der Waals surface area contributed by atoms with Crippen LogP contribution in [0.5, 0.6) is 0 Å². The molecule has 3 rings (SSSR count). The summed E-state index contributed by atoms with van der Waals surface area (Å²) in [7, 11) is 0. The monoisotopic (exact) mass is 364 g/mol. The fourth-order valence-electron chi connectivity index (χ4n) is 2.81. The van der Waals surface area contributed by atoms with Gasteiger partial charge in [-0.3, -0.25) is 9.48 Å². The molecule has 1 aliphatic heterocycles. The van der Waals surface area contributed by atoms with Crippen molar-refractivity contribution in [2.24, 2.45) is 0 Å². The number of aromatic nitrogens is 2. The largest absolute Gasteiger partial charge is 0.375 e. The second-order valence-corrected chi connectivity index (χ2v) is 5.98. The molecular weight excluding hydrogens is 340 g/mol. The first-order valence-electron chi connectivity index (χ1n) is 8.48. The van der Waals surface area contributed by atoms with Crippen LogP contribution >= 0.6 is 12.4 Å². The summed E-state index contributed by atoms with van der Waals surface area (Å²) < 4.78 is 7.45. The van der Waals surface area contributed by atoms with Gasteiger partial charge in [-0.05, 0) is 31.0 Å². The van der Waals surface area contributed by atoms with E-state index in [9.17, 15) is 4.79 Å². The summed E-state index contributed by atoms with van der Waals surface area (Å²) in [6, 6.07) is 12.1. The van der Waals surface area contributed by atoms with Crippen LogP contribution in [-0.4, -0.2) is 41.9 Å². The van der Waals surface area contributed by atoms with E-state index in [4.69, 9.17) is 4.74 Å². The van der Waals surface area contributed by atoms with Gasteiger partial charge in [0.2, 0.25) is 0 Å². The summed E-state index contributed by atoms with van der Waals surface area (Å²) >= 11 is 0. The van der Waals surface area contributed by atoms with Gasteiger partial charge in [-0.15, -0.1) is 12.4 Å². The van der Waals surface area contributed by atoms with Crippen molar-refractivity contribution >= 4 is 18.3 Å². The lowest BCUT2D eigenvalue weighted by molar-refractivity contribution is 0.0895. The minimum absolute atomic E-state index is 0. The van der Waals surface area contributed by atoms with E-state index in [1.165, 1.54) is 0 Å². The van der Waals surface area contributed by atoms with Gasteiger partial charge < -0.3 is 15.4 Å². The Morgan fingerprint density at radius 3 is 2.92 bits per heavy atom. The van der Waals surface area contributed by atoms with E-state index in [0.29, 0.717) is 31.5 Å². The number of nitrogens with zero attached hydrogens (tertiary/aromatic N) is 2. The molecule has 1 aliphatic rings. The van der Waals surface area contributed by atoms with Gasteiger partial charge in [-0.2, -0.15) is 5.10 Å². The Labute approximate surface area is 154 Å². The minimum atomic E-state index is -0.152. The Bertz CT molecular complexity index is 642. The van der Waals surface area contributed by atoms with E-state index in [1.54, 1.807) is 6.07 Å². The summed E-state index contributed by atoms with van der Waals surface area (Å²) in [4.78, 5) is 12.1. The van der Waals surface area contributed by atoms with Crippen molar-refractivity contribution in [3.63, 3.8) is 0 Å². The van der Waals surface area contributed by atoms with Crippen LogP contribution in [0, 0.1) is 0 Å². The Hall–Kier alpha value is -1.89. The lowest BCUT2D eigenvalue weighted by atomic mass is 10.1. The van der Waals surface area contributed by atoms with Crippen molar-refractivity contribution in [3.8, 4) is 0 Å². The third-order valence-corrected chi connectivity index (χ3v) is 4.13. The molecule has 1 aromatic carbocycles. The number of carbonyl (C=O) groups excluding carboxylic acids is 1. The number of hydrogen-bond donors (Lipinski definition) is 2. The van der Waals surface area contributed by atoms with E-state index < -0.39 is 0 Å². The highest BCUT2D eigenvalue weighted by Gasteiger charge is 2.17. The van der Waals surface area contributed by atoms with Crippen molar-refractivity contribution in [1.29, 1.82) is 0 Å². The Morgan fingerprint density at radius 1 is 1.32 bits per heavy atom. The molecule has 1 aromatic heterocycles. The predicted molar refractivity (Wildman–Crippen MR) is 99.0 cm³/mol. The summed E-state index contributed by atoms with van der Waals surface area (Å²) in [6.07, 6.45) is 4.13. The van der Waals surface area contributed by atoms with Crippen LogP contribution in [-0.2, 0) is 11.3 Å². The quantitative estimate of drug-likeness (QED) is 0.739. The number of ether oxygens (including phenoxy) is 1. The molecule has 6 nitrogen and oxygen atoms in total. The molecule has 2 heterocycles. The van der Waals surface area contributed by atoms with Crippen molar-refractivity contribution < 1.29 is 9.53 Å². The molecule has 2 N–H and O–H groups in total. The van der Waals surface area contributed by atoms with E-state index in [0.717, 1.165) is 31.5 Å². The number of amides is 1. The van der Waals surface area contributed by atoms with Crippen molar-refractivity contribution in [1.82, 2.24) is 20.4 Å². The number of halogens is 1. The fourth-order valence-corrected chi connectivity index (χ4v) is 2.81. The van der Waals surface area contributed by atoms with Crippen LogP contribution in [0.25, 0.3) is 0 Å². The first-order chi connectivity index (χ1) is 11.8. The fraction of sp³-hybridized carbons (Fsp3) is 0.444. The number of piperidine rings is 1. The van der Waals surface area contributed by atoms with E-state index >= 15 is 0 Å². The molecule has 1 amide bonds. The molecular formula is C18H25ClN4O2. The normalized spacial score (nSPS) is 16.9. The number of hydrogen-bond acceptors (Lipinski definition) is 4. The van der Waals surface area contributed by atoms with Gasteiger partial charge in [0.25, 0.3) is 5.91 Å². The smallest absolute Gasteiger partial charge is 0.271 e. The van der Waals surface area contributed by atoms with Gasteiger partial charge in [0.05, 0.1) is 19.3 Å². The lowest BCUT2D eigenvalue weighted by Crippen LogP contribution is -2.32. The van der Waals surface area contributed by atoms with Crippen molar-refractivity contribution in [3.05, 3.63) is 53.9 Å². The zero-order valence-corrected chi connectivity index (χ0v) is 15.0. The molecule has 1 fully saturated rings. The second-order valence-electron chi connectivity index (χ2n) is 5.98. The van der Waals surface area contributed by atoms with Gasteiger partial charge in [0, 0.05) is 19.3 Å². The zero-order chi connectivity index (χ0) is 16.6. The van der Waals surface area contributed by atoms with Gasteiger partial charge in [-0.1, -0.05) is 30.3 Å². The minimum Gasteiger partial charge on any atom is -0.375 e. The average Bonchev–Trinajstić information content (AvgIpc) is 3.13. The third-order valence-electron chi connectivity index (χ3n) is 4.13. The standard InChI is InChI=1S/C18H24N4O2.ClH/c23-18(20-10-12-24-14-15-5-2-1-3-6-15)17-8-11-22(21-17)16-7-4-9-19-13-16;/h1-3,5-6,8,11,16,19H,4,7,9-10,12-14H2,(H,20,23);1H. The SMILES string of the molecule is Cl.O=C(NCCOCc1ccccc1)c1ccn(C2CCCNC2)n1. The number of rotatable bonds is 7. The van der Waals surface area contributed by atoms with E-state index in [2.05, 4.69) is 15.7 Å². The zero-order valence-electron chi connectivity index (χ0n) is 14.2. The van der Waals surface area contributed by atoms with Gasteiger partial charge in [-0.25, -0.2) is 0 Å². The second kappa shape index (κ2) is 10.2. The van der Waals surface area contributed by atoms with Crippen LogP contribution in [0.3, 0.4) is 0 Å². The summed E-state index contributed by atoms with van der Waals surface area (Å²) in [5.74, 6) is -0.152. The van der Waals surface area contributed by atoms with E-state index in [1.807, 2.05) is 41.2 Å². The Kier molecular flexibility index (Phi) is 7.91. The third kappa shape index (κ3) is 5.85. The summed E-state index contributed by atoms with van der Waals surface area (Å²) in [6.45, 7) is 3.49. The topological polar surface area (TPSA) is 68.2 Å². The molecule has 136 valence electrons. The molecule has 1 unspecified atom stereocenters. The van der Waals surface area contributed by atoms with Crippen LogP contribution in [0.4, 0.5) is 0 Å². The Balaban J connectivity index is 0.00000225. The maximum Gasteiger partial charge on any atom is 0.271 e. The molecule has 0 saturated carbocycles. The highest BCUT2D eigenvalue weighted by molar-refractivity contribution is 5.92. The highest BCUT2D eigenvalue weighted by Crippen LogP contribution is 2.15. The predicted octanol–water partition coefficient (Wildman–Crippen LogP) is 2.18. The number of carbonyl (C=O) groups is 1. The molecule has 1 atom stereocenters. The van der Waals surface area contributed by atoms with Crippen molar-refractivity contribution in [2.75, 3.05) is 26.2 Å². The summed E-state index contributed by atoms with van der Waals surface area (Å²) in [5, 5.41) is 10.6. The maximum atomic E-state index is 12.1. The molecule has 2 aromatic rings. The lowest BCUT2D eigenvalue weighted by Gasteiger charge is -2.22. The average molecular weight is 365 g/mol. The van der Waals surface area contributed by atoms with Gasteiger partial charge in [0.15, 0.2) is 0 Å². The van der Waals surface area contributed by atoms with Gasteiger partial charge in [0.1, 0.15) is 5.69 Å². The van der Waals surface area contributed by atoms with E-state index in [-0.39, 0.29) is 18.3 Å². The highest BCUT2D eigenvalue weighted by atomic mass is 35.5. The molecule has 25 heavy (non-hydrogen) atoms. The number of benzene rings is 1. The molecule has 7 heteroatoms. The van der Waals surface area contributed by atoms with Crippen LogP contribution < -0.4 is 10.6 Å². The molecule has 0 aliphatic carbocycles. The van der Waals surface area contributed by atoms with Crippen LogP contribution in [0.2, 0.25) is 0 Å². The first-order valence-corrected chi connectivity index (χ1v) is 8.48.